The molecule has 0 fully saturated rings. The Bertz CT molecular complexity index is 1150. The molecule has 0 aliphatic rings. The topological polar surface area (TPSA) is 99.0 Å². The van der Waals surface area contributed by atoms with Crippen LogP contribution in [0.4, 0.5) is 5.13 Å². The smallest absolute Gasteiger partial charge is 0.338 e. The highest BCUT2D eigenvalue weighted by molar-refractivity contribution is 7.22. The van der Waals surface area contributed by atoms with Crippen LogP contribution in [0.15, 0.2) is 55.1 Å². The Morgan fingerprint density at radius 2 is 2.00 bits per heavy atom. The van der Waals surface area contributed by atoms with E-state index in [4.69, 9.17) is 4.74 Å². The molecular weight excluding hydrogens is 390 g/mol. The molecule has 2 heterocycles. The molecule has 8 nitrogen and oxygen atoms in total. The van der Waals surface area contributed by atoms with Gasteiger partial charge in [0.25, 0.3) is 5.91 Å². The number of carbonyl (C=O) groups excluding carboxylic acids is 2. The second-order valence-corrected chi connectivity index (χ2v) is 7.44. The number of nitrogens with zero attached hydrogens (tertiary/aromatic N) is 4. The zero-order valence-corrected chi connectivity index (χ0v) is 16.3. The summed E-state index contributed by atoms with van der Waals surface area (Å²) < 4.78 is 7.77. The van der Waals surface area contributed by atoms with E-state index in [0.29, 0.717) is 17.2 Å². The van der Waals surface area contributed by atoms with E-state index >= 15 is 0 Å². The van der Waals surface area contributed by atoms with Crippen LogP contribution in [0.5, 0.6) is 0 Å². The Hall–Kier alpha value is -3.59. The first kappa shape index (κ1) is 18.8. The number of anilines is 1. The van der Waals surface area contributed by atoms with E-state index in [1.807, 2.05) is 25.1 Å². The molecule has 2 aromatic heterocycles. The van der Waals surface area contributed by atoms with Gasteiger partial charge in [0.1, 0.15) is 12.7 Å². The van der Waals surface area contributed by atoms with Gasteiger partial charge in [-0.3, -0.25) is 10.1 Å². The maximum atomic E-state index is 12.2. The number of aromatic nitrogens is 4. The third kappa shape index (κ3) is 4.64. The Labute approximate surface area is 170 Å². The second kappa shape index (κ2) is 8.19. The molecule has 1 amide bonds. The van der Waals surface area contributed by atoms with Crippen molar-refractivity contribution in [3.8, 4) is 0 Å². The molecule has 0 aliphatic heterocycles. The zero-order chi connectivity index (χ0) is 20.2. The number of hydrogen-bond donors (Lipinski definition) is 1. The molecule has 4 rings (SSSR count). The number of aryl methyl sites for hydroxylation is 1. The van der Waals surface area contributed by atoms with Gasteiger partial charge in [0.15, 0.2) is 11.7 Å². The molecule has 0 atom stereocenters. The first-order valence-electron chi connectivity index (χ1n) is 8.82. The van der Waals surface area contributed by atoms with E-state index in [1.165, 1.54) is 17.7 Å². The fourth-order valence-corrected chi connectivity index (χ4v) is 3.68. The molecule has 0 saturated heterocycles. The Balaban J connectivity index is 1.30. The van der Waals surface area contributed by atoms with Crippen LogP contribution in [-0.4, -0.2) is 38.2 Å². The zero-order valence-electron chi connectivity index (χ0n) is 15.5. The summed E-state index contributed by atoms with van der Waals surface area (Å²) in [4.78, 5) is 32.5. The molecule has 0 radical (unpaired) electrons. The lowest BCUT2D eigenvalue weighted by Crippen LogP contribution is -2.20. The molecule has 29 heavy (non-hydrogen) atoms. The van der Waals surface area contributed by atoms with E-state index < -0.39 is 11.9 Å². The average molecular weight is 407 g/mol. The maximum absolute atomic E-state index is 12.2. The van der Waals surface area contributed by atoms with Crippen LogP contribution in [0.2, 0.25) is 0 Å². The second-order valence-electron chi connectivity index (χ2n) is 6.40. The lowest BCUT2D eigenvalue weighted by Gasteiger charge is -2.06. The van der Waals surface area contributed by atoms with E-state index in [0.717, 1.165) is 21.3 Å². The van der Waals surface area contributed by atoms with Crippen LogP contribution in [0.3, 0.4) is 0 Å². The van der Waals surface area contributed by atoms with E-state index in [1.54, 1.807) is 35.3 Å². The highest BCUT2D eigenvalue weighted by Crippen LogP contribution is 2.26. The highest BCUT2D eigenvalue weighted by atomic mass is 32.1. The van der Waals surface area contributed by atoms with E-state index in [2.05, 4.69) is 20.4 Å². The van der Waals surface area contributed by atoms with Crippen LogP contribution in [-0.2, 0) is 16.1 Å². The van der Waals surface area contributed by atoms with Crippen molar-refractivity contribution in [2.24, 2.45) is 0 Å². The summed E-state index contributed by atoms with van der Waals surface area (Å²) in [6, 6.07) is 12.8. The van der Waals surface area contributed by atoms with Crippen molar-refractivity contribution in [2.45, 2.75) is 13.5 Å². The fraction of sp³-hybridized carbons (Fsp3) is 0.150. The number of fused-ring (bicyclic) bond motifs is 1. The number of amides is 1. The molecule has 146 valence electrons. The normalized spacial score (nSPS) is 10.8. The molecule has 0 bridgehead atoms. The van der Waals surface area contributed by atoms with Crippen molar-refractivity contribution in [2.75, 3.05) is 11.9 Å². The molecule has 0 saturated carbocycles. The van der Waals surface area contributed by atoms with Crippen LogP contribution < -0.4 is 5.32 Å². The molecule has 4 aromatic rings. The first-order valence-corrected chi connectivity index (χ1v) is 9.64. The maximum Gasteiger partial charge on any atom is 0.338 e. The molecular formula is C20H17N5O3S. The van der Waals surface area contributed by atoms with Crippen molar-refractivity contribution in [3.05, 3.63) is 71.8 Å². The van der Waals surface area contributed by atoms with Gasteiger partial charge in [-0.2, -0.15) is 5.10 Å². The molecule has 1 N–H and O–H groups in total. The Kier molecular flexibility index (Phi) is 5.30. The first-order chi connectivity index (χ1) is 14.1. The summed E-state index contributed by atoms with van der Waals surface area (Å²) in [5, 5.41) is 7.18. The van der Waals surface area contributed by atoms with Gasteiger partial charge in [0.2, 0.25) is 0 Å². The van der Waals surface area contributed by atoms with Gasteiger partial charge in [-0.05, 0) is 42.3 Å². The minimum Gasteiger partial charge on any atom is -0.452 e. The van der Waals surface area contributed by atoms with Gasteiger partial charge >= 0.3 is 5.97 Å². The van der Waals surface area contributed by atoms with Crippen molar-refractivity contribution < 1.29 is 14.3 Å². The van der Waals surface area contributed by atoms with Crippen molar-refractivity contribution in [1.29, 1.82) is 0 Å². The van der Waals surface area contributed by atoms with Crippen molar-refractivity contribution >= 4 is 38.6 Å². The minimum absolute atomic E-state index is 0.371. The fourth-order valence-electron chi connectivity index (χ4n) is 2.70. The van der Waals surface area contributed by atoms with Crippen LogP contribution in [0, 0.1) is 6.92 Å². The third-order valence-electron chi connectivity index (χ3n) is 4.13. The van der Waals surface area contributed by atoms with Gasteiger partial charge in [0.05, 0.1) is 22.3 Å². The number of rotatable bonds is 6. The SMILES string of the molecule is Cc1ccc2nc(NC(=O)COC(=O)c3ccc(Cn4cncn4)cc3)sc2c1. The number of esters is 1. The number of hydrogen-bond acceptors (Lipinski definition) is 7. The van der Waals surface area contributed by atoms with Gasteiger partial charge in [-0.15, -0.1) is 0 Å². The molecule has 2 aromatic carbocycles. The standard InChI is InChI=1S/C20H17N5O3S/c1-13-2-7-16-17(8-13)29-20(23-16)24-18(26)10-28-19(27)15-5-3-14(4-6-15)9-25-12-21-11-22-25/h2-8,11-12H,9-10H2,1H3,(H,23,24,26). The third-order valence-corrected chi connectivity index (χ3v) is 5.06. The molecule has 0 unspecified atom stereocenters. The molecule has 0 aliphatic carbocycles. The van der Waals surface area contributed by atoms with E-state index in [9.17, 15) is 9.59 Å². The summed E-state index contributed by atoms with van der Waals surface area (Å²) in [6.07, 6.45) is 3.08. The number of carbonyl (C=O) groups is 2. The van der Waals surface area contributed by atoms with Gasteiger partial charge in [0, 0.05) is 0 Å². The largest absolute Gasteiger partial charge is 0.452 e. The summed E-state index contributed by atoms with van der Waals surface area (Å²) in [7, 11) is 0. The lowest BCUT2D eigenvalue weighted by atomic mass is 10.1. The van der Waals surface area contributed by atoms with Crippen molar-refractivity contribution in [1.82, 2.24) is 19.7 Å². The Morgan fingerprint density at radius 1 is 1.17 bits per heavy atom. The average Bonchev–Trinajstić information content (AvgIpc) is 3.35. The van der Waals surface area contributed by atoms with Gasteiger partial charge in [-0.1, -0.05) is 29.5 Å². The number of thiazole rings is 1. The molecule has 9 heteroatoms. The summed E-state index contributed by atoms with van der Waals surface area (Å²) in [5.41, 5.74) is 3.28. The van der Waals surface area contributed by atoms with Gasteiger partial charge < -0.3 is 4.74 Å². The predicted molar refractivity (Wildman–Crippen MR) is 109 cm³/mol. The Morgan fingerprint density at radius 3 is 2.76 bits per heavy atom. The summed E-state index contributed by atoms with van der Waals surface area (Å²) in [6.45, 7) is 2.17. The van der Waals surface area contributed by atoms with Crippen LogP contribution in [0.25, 0.3) is 10.2 Å². The van der Waals surface area contributed by atoms with Crippen LogP contribution >= 0.6 is 11.3 Å². The lowest BCUT2D eigenvalue weighted by molar-refractivity contribution is -0.119. The quantitative estimate of drug-likeness (QED) is 0.493. The number of nitrogens with one attached hydrogen (secondary N) is 1. The van der Waals surface area contributed by atoms with Crippen LogP contribution in [0.1, 0.15) is 21.5 Å². The van der Waals surface area contributed by atoms with Crippen molar-refractivity contribution in [3.63, 3.8) is 0 Å². The summed E-state index contributed by atoms with van der Waals surface area (Å²) in [5.74, 6) is -0.996. The predicted octanol–water partition coefficient (Wildman–Crippen LogP) is 3.04. The monoisotopic (exact) mass is 407 g/mol. The number of benzene rings is 2. The van der Waals surface area contributed by atoms with Gasteiger partial charge in [-0.25, -0.2) is 19.4 Å². The number of ether oxygens (including phenoxy) is 1. The summed E-state index contributed by atoms with van der Waals surface area (Å²) >= 11 is 1.38. The highest BCUT2D eigenvalue weighted by Gasteiger charge is 2.12. The molecule has 0 spiro atoms. The van der Waals surface area contributed by atoms with E-state index in [-0.39, 0.29) is 6.61 Å². The minimum atomic E-state index is -0.563.